The number of halogens is 5. The fraction of sp³-hybridized carbons (Fsp3) is 0.167. The van der Waals surface area contributed by atoms with E-state index in [1.54, 1.807) is 0 Å². The fourth-order valence-corrected chi connectivity index (χ4v) is 4.25. The average Bonchev–Trinajstić information content (AvgIpc) is 2.84. The van der Waals surface area contributed by atoms with Gasteiger partial charge in [-0.05, 0) is 48.9 Å². The van der Waals surface area contributed by atoms with E-state index in [1.807, 2.05) is 42.2 Å². The number of aliphatic carboxylic acids is 1. The molecule has 0 spiro atoms. The molecule has 38 heavy (non-hydrogen) atoms. The number of carbonyl (C=O) groups is 2. The lowest BCUT2D eigenvalue weighted by molar-refractivity contribution is -0.192. The molecule has 3 N–H and O–H groups in total. The minimum atomic E-state index is -5.08. The molecule has 0 saturated heterocycles. The fourth-order valence-electron chi connectivity index (χ4n) is 3.11. The maximum atomic E-state index is 13.9. The highest BCUT2D eigenvalue weighted by Gasteiger charge is 2.38. The molecule has 0 saturated carbocycles. The number of nitrogens with zero attached hydrogens (tertiary/aromatic N) is 1. The summed E-state index contributed by atoms with van der Waals surface area (Å²) < 4.78 is 86.2. The number of carboxylic acid groups (broad SMARTS) is 2. The zero-order valence-corrected chi connectivity index (χ0v) is 20.4. The Hall–Kier alpha value is -4.20. The molecule has 0 bridgehead atoms. The summed E-state index contributed by atoms with van der Waals surface area (Å²) in [6.07, 6.45) is -5.08. The molecule has 0 amide bonds. The molecule has 0 aliphatic rings. The third-order valence-corrected chi connectivity index (χ3v) is 6.24. The Morgan fingerprint density at radius 2 is 1.55 bits per heavy atom. The normalized spacial score (nSPS) is 11.2. The molecule has 0 radical (unpaired) electrons. The lowest BCUT2D eigenvalue weighted by Gasteiger charge is -2.25. The first-order chi connectivity index (χ1) is 17.7. The third-order valence-electron chi connectivity index (χ3n) is 4.84. The number of benzene rings is 3. The van der Waals surface area contributed by atoms with Crippen LogP contribution in [0.4, 0.5) is 33.3 Å². The molecule has 0 heterocycles. The molecule has 3 aromatic rings. The highest BCUT2D eigenvalue weighted by atomic mass is 32.2. The number of aromatic carboxylic acids is 1. The number of carboxylic acids is 2. The van der Waals surface area contributed by atoms with E-state index in [0.717, 1.165) is 17.7 Å². The first-order valence-electron chi connectivity index (χ1n) is 10.6. The number of hydrogen-bond acceptors (Lipinski definition) is 5. The van der Waals surface area contributed by atoms with Crippen molar-refractivity contribution in [3.63, 3.8) is 0 Å². The summed E-state index contributed by atoms with van der Waals surface area (Å²) in [5.41, 5.74) is 1.17. The number of hydrogen-bond donors (Lipinski definition) is 3. The molecule has 0 aromatic heterocycles. The van der Waals surface area contributed by atoms with Gasteiger partial charge in [-0.25, -0.2) is 26.8 Å². The summed E-state index contributed by atoms with van der Waals surface area (Å²) in [6.45, 7) is 2.84. The molecule has 8 nitrogen and oxygen atoms in total. The lowest BCUT2D eigenvalue weighted by atomic mass is 10.1. The predicted molar refractivity (Wildman–Crippen MR) is 127 cm³/mol. The minimum absolute atomic E-state index is 0.0828. The zero-order valence-electron chi connectivity index (χ0n) is 19.5. The number of alkyl halides is 3. The first kappa shape index (κ1) is 30.0. The van der Waals surface area contributed by atoms with E-state index in [4.69, 9.17) is 9.90 Å². The van der Waals surface area contributed by atoms with E-state index in [2.05, 4.69) is 4.72 Å². The van der Waals surface area contributed by atoms with Crippen LogP contribution in [0.1, 0.15) is 22.8 Å². The third kappa shape index (κ3) is 8.16. The first-order valence-corrected chi connectivity index (χ1v) is 12.1. The Kier molecular flexibility index (Phi) is 9.77. The smallest absolute Gasteiger partial charge is 0.478 e. The van der Waals surface area contributed by atoms with E-state index in [0.29, 0.717) is 30.9 Å². The van der Waals surface area contributed by atoms with Crippen LogP contribution in [0.3, 0.4) is 0 Å². The summed E-state index contributed by atoms with van der Waals surface area (Å²) in [5, 5.41) is 16.8. The van der Waals surface area contributed by atoms with Crippen LogP contribution in [-0.4, -0.2) is 43.3 Å². The molecule has 14 heteroatoms. The second-order valence-corrected chi connectivity index (χ2v) is 9.17. The van der Waals surface area contributed by atoms with E-state index in [9.17, 15) is 40.3 Å². The Balaban J connectivity index is 0.000000638. The van der Waals surface area contributed by atoms with E-state index in [-0.39, 0.29) is 11.3 Å². The van der Waals surface area contributed by atoms with Crippen molar-refractivity contribution in [1.29, 1.82) is 0 Å². The van der Waals surface area contributed by atoms with Gasteiger partial charge in [0.15, 0.2) is 0 Å². The SMILES string of the molecule is CCN(Cc1ccccc1)c1ccc(NS(=O)(=O)c2cc(F)ccc2F)cc1C(=O)O.O=C(O)C(F)(F)F. The van der Waals surface area contributed by atoms with Crippen LogP contribution in [0.25, 0.3) is 0 Å². The quantitative estimate of drug-likeness (QED) is 0.327. The largest absolute Gasteiger partial charge is 0.490 e. The maximum Gasteiger partial charge on any atom is 0.490 e. The van der Waals surface area contributed by atoms with Gasteiger partial charge in [-0.3, -0.25) is 4.72 Å². The molecule has 3 aromatic carbocycles. The Morgan fingerprint density at radius 3 is 2.08 bits per heavy atom. The molecule has 0 aliphatic carbocycles. The Labute approximate surface area is 214 Å². The minimum Gasteiger partial charge on any atom is -0.478 e. The number of sulfonamides is 1. The summed E-state index contributed by atoms with van der Waals surface area (Å²) >= 11 is 0. The van der Waals surface area contributed by atoms with Crippen molar-refractivity contribution in [1.82, 2.24) is 0 Å². The Bertz CT molecular complexity index is 1400. The van der Waals surface area contributed by atoms with Crippen molar-refractivity contribution in [3.05, 3.63) is 89.5 Å². The van der Waals surface area contributed by atoms with E-state index in [1.165, 1.54) is 12.1 Å². The van der Waals surface area contributed by atoms with Gasteiger partial charge in [0.2, 0.25) is 0 Å². The van der Waals surface area contributed by atoms with Crippen molar-refractivity contribution in [2.75, 3.05) is 16.2 Å². The van der Waals surface area contributed by atoms with Crippen LogP contribution in [0.2, 0.25) is 0 Å². The van der Waals surface area contributed by atoms with Gasteiger partial charge < -0.3 is 15.1 Å². The maximum absolute atomic E-state index is 13.9. The van der Waals surface area contributed by atoms with Crippen molar-refractivity contribution >= 4 is 33.3 Å². The van der Waals surface area contributed by atoms with Gasteiger partial charge in [0, 0.05) is 18.8 Å². The van der Waals surface area contributed by atoms with Crippen LogP contribution in [0, 0.1) is 11.6 Å². The van der Waals surface area contributed by atoms with Gasteiger partial charge in [0.25, 0.3) is 10.0 Å². The lowest BCUT2D eigenvalue weighted by Crippen LogP contribution is -2.24. The second-order valence-electron chi connectivity index (χ2n) is 7.52. The second kappa shape index (κ2) is 12.4. The number of rotatable bonds is 8. The summed E-state index contributed by atoms with van der Waals surface area (Å²) in [5.74, 6) is -6.04. The molecule has 204 valence electrons. The number of nitrogens with one attached hydrogen (secondary N) is 1. The molecule has 0 atom stereocenters. The topological polar surface area (TPSA) is 124 Å². The van der Waals surface area contributed by atoms with Crippen LogP contribution in [-0.2, 0) is 21.4 Å². The van der Waals surface area contributed by atoms with Crippen molar-refractivity contribution < 1.29 is 50.2 Å². The average molecular weight is 560 g/mol. The standard InChI is InChI=1S/C22H20F2N2O4S.C2HF3O2/c1-2-26(14-15-6-4-3-5-7-15)20-11-9-17(13-18(20)22(27)28)25-31(29,30)21-12-16(23)8-10-19(21)24;3-2(4,5)1(6)7/h3-13,25H,2,14H2,1H3,(H,27,28);(H,6,7). The monoisotopic (exact) mass is 560 g/mol. The van der Waals surface area contributed by atoms with Gasteiger partial charge >= 0.3 is 18.1 Å². The Morgan fingerprint density at radius 1 is 0.947 bits per heavy atom. The van der Waals surface area contributed by atoms with E-state index < -0.39 is 44.7 Å². The predicted octanol–water partition coefficient (Wildman–Crippen LogP) is 5.12. The molecule has 3 rings (SSSR count). The van der Waals surface area contributed by atoms with Gasteiger partial charge in [-0.2, -0.15) is 13.2 Å². The van der Waals surface area contributed by atoms with Crippen molar-refractivity contribution in [2.24, 2.45) is 0 Å². The van der Waals surface area contributed by atoms with Gasteiger partial charge in [-0.15, -0.1) is 0 Å². The highest BCUT2D eigenvalue weighted by molar-refractivity contribution is 7.92. The van der Waals surface area contributed by atoms with Crippen LogP contribution < -0.4 is 9.62 Å². The van der Waals surface area contributed by atoms with Crippen LogP contribution in [0.15, 0.2) is 71.6 Å². The van der Waals surface area contributed by atoms with Crippen molar-refractivity contribution in [3.8, 4) is 0 Å². The van der Waals surface area contributed by atoms with Gasteiger partial charge in [0.1, 0.15) is 16.5 Å². The zero-order chi connectivity index (χ0) is 28.7. The summed E-state index contributed by atoms with van der Waals surface area (Å²) in [4.78, 5) is 21.7. The molecular formula is C24H21F5N2O6S. The van der Waals surface area contributed by atoms with Crippen molar-refractivity contribution in [2.45, 2.75) is 24.5 Å². The van der Waals surface area contributed by atoms with Crippen LogP contribution in [0.5, 0.6) is 0 Å². The highest BCUT2D eigenvalue weighted by Crippen LogP contribution is 2.28. The summed E-state index contributed by atoms with van der Waals surface area (Å²) in [6, 6.07) is 15.6. The van der Waals surface area contributed by atoms with E-state index >= 15 is 0 Å². The van der Waals surface area contributed by atoms with Gasteiger partial charge in [0.05, 0.1) is 11.3 Å². The molecular weight excluding hydrogens is 539 g/mol. The molecule has 0 fully saturated rings. The molecule has 0 unspecified atom stereocenters. The number of anilines is 2. The molecule has 0 aliphatic heterocycles. The van der Waals surface area contributed by atoms with Gasteiger partial charge in [-0.1, -0.05) is 30.3 Å². The summed E-state index contributed by atoms with van der Waals surface area (Å²) in [7, 11) is -4.47. The van der Waals surface area contributed by atoms with Crippen LogP contribution >= 0.6 is 0 Å².